The Morgan fingerprint density at radius 3 is 2.41 bits per heavy atom. The Bertz CT molecular complexity index is 387. The first-order chi connectivity index (χ1) is 7.92. The second-order valence-corrected chi connectivity index (χ2v) is 4.81. The van der Waals surface area contributed by atoms with Gasteiger partial charge in [-0.2, -0.15) is 10.7 Å². The Labute approximate surface area is 102 Å². The average Bonchev–Trinajstić information content (AvgIpc) is 2.27. The van der Waals surface area contributed by atoms with Crippen molar-refractivity contribution < 1.29 is 9.94 Å². The maximum Gasteiger partial charge on any atom is 0.0991 e. The molecule has 0 heterocycles. The molecule has 17 heavy (non-hydrogen) atoms. The van der Waals surface area contributed by atoms with E-state index in [0.717, 1.165) is 5.56 Å². The molecular weight excluding hydrogens is 216 g/mol. The fourth-order valence-corrected chi connectivity index (χ4v) is 1.23. The molecule has 0 aliphatic heterocycles. The maximum atomic E-state index is 9.86. The second-order valence-electron chi connectivity index (χ2n) is 4.81. The Balaban J connectivity index is 2.47. The van der Waals surface area contributed by atoms with Gasteiger partial charge in [0.2, 0.25) is 0 Å². The van der Waals surface area contributed by atoms with Crippen LogP contribution in [-0.4, -0.2) is 17.3 Å². The molecule has 0 aromatic heterocycles. The summed E-state index contributed by atoms with van der Waals surface area (Å²) in [7, 11) is 0. The third-order valence-corrected chi connectivity index (χ3v) is 2.08. The van der Waals surface area contributed by atoms with Crippen LogP contribution in [0.4, 0.5) is 0 Å². The van der Waals surface area contributed by atoms with Crippen LogP contribution >= 0.6 is 0 Å². The third kappa shape index (κ3) is 4.96. The molecule has 0 bridgehead atoms. The Kier molecular flexibility index (Phi) is 4.64. The number of hydrogen-bond acceptors (Lipinski definition) is 4. The minimum atomic E-state index is -0.648. The molecule has 1 aromatic rings. The van der Waals surface area contributed by atoms with E-state index in [2.05, 4.69) is 5.48 Å². The summed E-state index contributed by atoms with van der Waals surface area (Å²) in [6, 6.07) is 8.88. The van der Waals surface area contributed by atoms with Crippen molar-refractivity contribution in [1.82, 2.24) is 5.48 Å². The molecule has 0 spiro atoms. The van der Waals surface area contributed by atoms with E-state index < -0.39 is 6.10 Å². The van der Waals surface area contributed by atoms with Crippen LogP contribution in [0.2, 0.25) is 0 Å². The van der Waals surface area contributed by atoms with Crippen LogP contribution in [0.3, 0.4) is 0 Å². The molecule has 4 nitrogen and oxygen atoms in total. The van der Waals surface area contributed by atoms with Crippen LogP contribution in [0, 0.1) is 11.3 Å². The molecule has 0 fully saturated rings. The van der Waals surface area contributed by atoms with Gasteiger partial charge in [-0.25, -0.2) is 0 Å². The van der Waals surface area contributed by atoms with Gasteiger partial charge in [-0.3, -0.25) is 4.84 Å². The fourth-order valence-electron chi connectivity index (χ4n) is 1.23. The van der Waals surface area contributed by atoms with Crippen molar-refractivity contribution in [2.75, 3.05) is 6.54 Å². The minimum absolute atomic E-state index is 0.287. The number of nitriles is 1. The highest BCUT2D eigenvalue weighted by Crippen LogP contribution is 2.13. The minimum Gasteiger partial charge on any atom is -0.387 e. The lowest BCUT2D eigenvalue weighted by Gasteiger charge is -2.21. The molecule has 0 amide bonds. The molecule has 4 heteroatoms. The number of nitrogens with one attached hydrogen (secondary N) is 1. The van der Waals surface area contributed by atoms with Crippen molar-refractivity contribution in [3.8, 4) is 6.07 Å². The number of hydrogen-bond donors (Lipinski definition) is 2. The zero-order chi connectivity index (χ0) is 12.9. The van der Waals surface area contributed by atoms with Gasteiger partial charge in [0, 0.05) is 0 Å². The molecule has 0 saturated heterocycles. The second kappa shape index (κ2) is 5.78. The van der Waals surface area contributed by atoms with Crippen LogP contribution in [0.5, 0.6) is 0 Å². The average molecular weight is 234 g/mol. The Hall–Kier alpha value is -1.41. The van der Waals surface area contributed by atoms with Crippen LogP contribution in [0.15, 0.2) is 24.3 Å². The highest BCUT2D eigenvalue weighted by Gasteiger charge is 2.12. The topological polar surface area (TPSA) is 65.3 Å². The van der Waals surface area contributed by atoms with Crippen molar-refractivity contribution in [1.29, 1.82) is 5.26 Å². The smallest absolute Gasteiger partial charge is 0.0991 e. The summed E-state index contributed by atoms with van der Waals surface area (Å²) in [6.45, 7) is 6.08. The van der Waals surface area contributed by atoms with E-state index in [-0.39, 0.29) is 5.60 Å². The van der Waals surface area contributed by atoms with Gasteiger partial charge in [-0.1, -0.05) is 12.1 Å². The molecule has 1 aromatic carbocycles. The van der Waals surface area contributed by atoms with Gasteiger partial charge >= 0.3 is 0 Å². The van der Waals surface area contributed by atoms with Crippen LogP contribution < -0.4 is 5.48 Å². The molecule has 0 radical (unpaired) electrons. The van der Waals surface area contributed by atoms with Crippen LogP contribution in [-0.2, 0) is 4.84 Å². The molecule has 92 valence electrons. The van der Waals surface area contributed by atoms with E-state index in [9.17, 15) is 5.11 Å². The fraction of sp³-hybridized carbons (Fsp3) is 0.462. The van der Waals surface area contributed by atoms with Crippen molar-refractivity contribution in [2.45, 2.75) is 32.5 Å². The first-order valence-corrected chi connectivity index (χ1v) is 5.51. The summed E-state index contributed by atoms with van der Waals surface area (Å²) in [5, 5.41) is 18.5. The van der Waals surface area contributed by atoms with Crippen molar-refractivity contribution >= 4 is 0 Å². The van der Waals surface area contributed by atoms with Gasteiger partial charge in [-0.05, 0) is 38.5 Å². The lowest BCUT2D eigenvalue weighted by molar-refractivity contribution is -0.0834. The quantitative estimate of drug-likeness (QED) is 0.781. The molecular formula is C13H18N2O2. The van der Waals surface area contributed by atoms with E-state index in [1.54, 1.807) is 24.3 Å². The predicted octanol–water partition coefficient (Wildman–Crippen LogP) is 1.91. The number of hydroxylamine groups is 1. The summed E-state index contributed by atoms with van der Waals surface area (Å²) in [4.78, 5) is 5.30. The molecule has 2 N–H and O–H groups in total. The zero-order valence-electron chi connectivity index (χ0n) is 10.4. The number of nitrogens with zero attached hydrogens (tertiary/aromatic N) is 1. The standard InChI is InChI=1S/C13H18N2O2/c1-13(2,3)17-15-9-12(16)11-6-4-10(8-14)5-7-11/h4-7,12,15-16H,9H2,1-3H3. The number of rotatable bonds is 4. The van der Waals surface area contributed by atoms with Gasteiger partial charge in [0.05, 0.1) is 29.9 Å². The zero-order valence-corrected chi connectivity index (χ0v) is 10.4. The van der Waals surface area contributed by atoms with Gasteiger partial charge in [0.1, 0.15) is 0 Å². The van der Waals surface area contributed by atoms with Gasteiger partial charge < -0.3 is 5.11 Å². The van der Waals surface area contributed by atoms with Gasteiger partial charge in [0.25, 0.3) is 0 Å². The van der Waals surface area contributed by atoms with E-state index in [4.69, 9.17) is 10.1 Å². The van der Waals surface area contributed by atoms with E-state index in [1.807, 2.05) is 26.8 Å². The SMILES string of the molecule is CC(C)(C)ONCC(O)c1ccc(C#N)cc1. The van der Waals surface area contributed by atoms with E-state index >= 15 is 0 Å². The molecule has 1 atom stereocenters. The predicted molar refractivity (Wildman–Crippen MR) is 65.0 cm³/mol. The van der Waals surface area contributed by atoms with Crippen molar-refractivity contribution in [3.05, 3.63) is 35.4 Å². The Morgan fingerprint density at radius 2 is 1.94 bits per heavy atom. The third-order valence-electron chi connectivity index (χ3n) is 2.08. The van der Waals surface area contributed by atoms with Crippen LogP contribution in [0.25, 0.3) is 0 Å². The molecule has 0 aliphatic rings. The summed E-state index contributed by atoms with van der Waals surface area (Å²) in [5.74, 6) is 0. The number of benzene rings is 1. The molecule has 0 aliphatic carbocycles. The monoisotopic (exact) mass is 234 g/mol. The molecule has 0 saturated carbocycles. The lowest BCUT2D eigenvalue weighted by Crippen LogP contribution is -2.31. The maximum absolute atomic E-state index is 9.86. The summed E-state index contributed by atoms with van der Waals surface area (Å²) >= 11 is 0. The van der Waals surface area contributed by atoms with Crippen molar-refractivity contribution in [2.24, 2.45) is 0 Å². The number of aliphatic hydroxyl groups excluding tert-OH is 1. The van der Waals surface area contributed by atoms with Crippen molar-refractivity contribution in [3.63, 3.8) is 0 Å². The normalized spacial score (nSPS) is 13.1. The first kappa shape index (κ1) is 13.7. The Morgan fingerprint density at radius 1 is 1.35 bits per heavy atom. The highest BCUT2D eigenvalue weighted by molar-refractivity contribution is 5.32. The van der Waals surface area contributed by atoms with E-state index in [0.29, 0.717) is 12.1 Å². The molecule has 1 unspecified atom stereocenters. The molecule has 1 rings (SSSR count). The largest absolute Gasteiger partial charge is 0.387 e. The summed E-state index contributed by atoms with van der Waals surface area (Å²) < 4.78 is 0. The van der Waals surface area contributed by atoms with Crippen LogP contribution in [0.1, 0.15) is 38.0 Å². The van der Waals surface area contributed by atoms with E-state index in [1.165, 1.54) is 0 Å². The summed E-state index contributed by atoms with van der Waals surface area (Å²) in [5.41, 5.74) is 3.79. The van der Waals surface area contributed by atoms with Gasteiger partial charge in [-0.15, -0.1) is 0 Å². The first-order valence-electron chi connectivity index (χ1n) is 5.51. The van der Waals surface area contributed by atoms with Gasteiger partial charge in [0.15, 0.2) is 0 Å². The highest BCUT2D eigenvalue weighted by atomic mass is 16.7. The number of aliphatic hydroxyl groups is 1. The lowest BCUT2D eigenvalue weighted by atomic mass is 10.1. The summed E-state index contributed by atoms with van der Waals surface area (Å²) in [6.07, 6.45) is -0.648.